The van der Waals surface area contributed by atoms with Gasteiger partial charge in [0.05, 0.1) is 11.2 Å². The fraction of sp³-hybridized carbons (Fsp3) is 0.357. The van der Waals surface area contributed by atoms with Crippen LogP contribution in [-0.2, 0) is 16.6 Å². The largest absolute Gasteiger partial charge is 0.337 e. The van der Waals surface area contributed by atoms with Crippen molar-refractivity contribution in [2.45, 2.75) is 30.7 Å². The van der Waals surface area contributed by atoms with Gasteiger partial charge in [-0.25, -0.2) is 22.5 Å². The van der Waals surface area contributed by atoms with Gasteiger partial charge in [-0.05, 0) is 37.1 Å². The monoisotopic (exact) mass is 311 g/mol. The van der Waals surface area contributed by atoms with E-state index in [2.05, 4.69) is 9.71 Å². The fourth-order valence-corrected chi connectivity index (χ4v) is 2.99. The number of rotatable bonds is 8. The standard InChI is InChI=1S/C14H18FN3O2S/c15-13-4-6-14(7-5-13)21(19,20)17-8-2-1-3-10-18-11-9-16-12-18/h4-7,9,11-12,17H,1-3,8,10H2. The molecule has 5 nitrogen and oxygen atoms in total. The molecule has 0 aliphatic rings. The van der Waals surface area contributed by atoms with Crippen molar-refractivity contribution in [1.82, 2.24) is 14.3 Å². The SMILES string of the molecule is O=S(=O)(NCCCCCn1ccnc1)c1ccc(F)cc1. The topological polar surface area (TPSA) is 64.0 Å². The van der Waals surface area contributed by atoms with Gasteiger partial charge in [-0.15, -0.1) is 0 Å². The Morgan fingerprint density at radius 1 is 1.14 bits per heavy atom. The van der Waals surface area contributed by atoms with E-state index in [0.717, 1.165) is 37.9 Å². The number of sulfonamides is 1. The highest BCUT2D eigenvalue weighted by Crippen LogP contribution is 2.09. The molecule has 0 amide bonds. The van der Waals surface area contributed by atoms with Crippen LogP contribution in [0.15, 0.2) is 47.9 Å². The van der Waals surface area contributed by atoms with Gasteiger partial charge in [-0.3, -0.25) is 0 Å². The predicted molar refractivity (Wildman–Crippen MR) is 77.7 cm³/mol. The van der Waals surface area contributed by atoms with Crippen LogP contribution in [0.5, 0.6) is 0 Å². The summed E-state index contributed by atoms with van der Waals surface area (Å²) in [6.45, 7) is 1.26. The smallest absolute Gasteiger partial charge is 0.240 e. The van der Waals surface area contributed by atoms with E-state index in [4.69, 9.17) is 0 Å². The first-order valence-electron chi connectivity index (χ1n) is 6.79. The summed E-state index contributed by atoms with van der Waals surface area (Å²) >= 11 is 0. The lowest BCUT2D eigenvalue weighted by Gasteiger charge is -2.07. The number of imidazole rings is 1. The van der Waals surface area contributed by atoms with Crippen LogP contribution in [0.4, 0.5) is 4.39 Å². The molecule has 1 N–H and O–H groups in total. The molecule has 0 fully saturated rings. The summed E-state index contributed by atoms with van der Waals surface area (Å²) in [7, 11) is -3.54. The van der Waals surface area contributed by atoms with Crippen molar-refractivity contribution < 1.29 is 12.8 Å². The maximum atomic E-state index is 12.8. The van der Waals surface area contributed by atoms with E-state index >= 15 is 0 Å². The summed E-state index contributed by atoms with van der Waals surface area (Å²) in [5.41, 5.74) is 0. The summed E-state index contributed by atoms with van der Waals surface area (Å²) in [6, 6.07) is 4.80. The molecule has 2 aromatic rings. The van der Waals surface area contributed by atoms with Crippen molar-refractivity contribution in [3.63, 3.8) is 0 Å². The molecule has 1 heterocycles. The number of nitrogens with one attached hydrogen (secondary N) is 1. The van der Waals surface area contributed by atoms with E-state index in [-0.39, 0.29) is 4.90 Å². The molecular weight excluding hydrogens is 293 g/mol. The number of aromatic nitrogens is 2. The average molecular weight is 311 g/mol. The van der Waals surface area contributed by atoms with E-state index in [1.54, 1.807) is 12.5 Å². The van der Waals surface area contributed by atoms with Crippen molar-refractivity contribution in [3.8, 4) is 0 Å². The zero-order valence-corrected chi connectivity index (χ0v) is 12.4. The summed E-state index contributed by atoms with van der Waals surface area (Å²) in [5, 5.41) is 0. The van der Waals surface area contributed by atoms with Gasteiger partial charge in [0, 0.05) is 25.5 Å². The fourth-order valence-electron chi connectivity index (χ4n) is 1.92. The lowest BCUT2D eigenvalue weighted by Crippen LogP contribution is -2.24. The van der Waals surface area contributed by atoms with E-state index in [1.165, 1.54) is 12.1 Å². The Kier molecular flexibility index (Phi) is 5.46. The number of hydrogen-bond donors (Lipinski definition) is 1. The molecule has 0 aliphatic heterocycles. The highest BCUT2D eigenvalue weighted by molar-refractivity contribution is 7.89. The van der Waals surface area contributed by atoms with Crippen LogP contribution in [0, 0.1) is 5.82 Å². The number of aryl methyl sites for hydroxylation is 1. The minimum absolute atomic E-state index is 0.0855. The molecule has 0 radical (unpaired) electrons. The van der Waals surface area contributed by atoms with Crippen LogP contribution < -0.4 is 4.72 Å². The van der Waals surface area contributed by atoms with Gasteiger partial charge < -0.3 is 4.57 Å². The van der Waals surface area contributed by atoms with Crippen LogP contribution in [0.1, 0.15) is 19.3 Å². The molecule has 0 unspecified atom stereocenters. The first-order valence-corrected chi connectivity index (χ1v) is 8.27. The van der Waals surface area contributed by atoms with Crippen LogP contribution >= 0.6 is 0 Å². The molecule has 21 heavy (non-hydrogen) atoms. The molecule has 114 valence electrons. The van der Waals surface area contributed by atoms with Gasteiger partial charge in [0.15, 0.2) is 0 Å². The Morgan fingerprint density at radius 3 is 2.57 bits per heavy atom. The Balaban J connectivity index is 1.69. The van der Waals surface area contributed by atoms with Crippen molar-refractivity contribution in [3.05, 3.63) is 48.8 Å². The van der Waals surface area contributed by atoms with E-state index in [0.29, 0.717) is 6.54 Å². The first-order chi connectivity index (χ1) is 10.1. The van der Waals surface area contributed by atoms with E-state index in [9.17, 15) is 12.8 Å². The molecule has 0 saturated heterocycles. The molecule has 0 atom stereocenters. The molecule has 1 aromatic carbocycles. The molecule has 0 spiro atoms. The first kappa shape index (κ1) is 15.7. The third-order valence-electron chi connectivity index (χ3n) is 3.07. The number of hydrogen-bond acceptors (Lipinski definition) is 3. The lowest BCUT2D eigenvalue weighted by atomic mass is 10.2. The quantitative estimate of drug-likeness (QED) is 0.760. The maximum absolute atomic E-state index is 12.8. The van der Waals surface area contributed by atoms with E-state index in [1.807, 2.05) is 10.8 Å². The zero-order chi connectivity index (χ0) is 15.1. The van der Waals surface area contributed by atoms with Crippen molar-refractivity contribution in [2.75, 3.05) is 6.54 Å². The van der Waals surface area contributed by atoms with Crippen molar-refractivity contribution in [1.29, 1.82) is 0 Å². The van der Waals surface area contributed by atoms with E-state index < -0.39 is 15.8 Å². The Hall–Kier alpha value is -1.73. The van der Waals surface area contributed by atoms with Crippen LogP contribution in [0.25, 0.3) is 0 Å². The highest BCUT2D eigenvalue weighted by atomic mass is 32.2. The number of halogens is 1. The molecule has 1 aromatic heterocycles. The number of unbranched alkanes of at least 4 members (excludes halogenated alkanes) is 2. The normalized spacial score (nSPS) is 11.7. The second kappa shape index (κ2) is 7.33. The van der Waals surface area contributed by atoms with Gasteiger partial charge in [-0.2, -0.15) is 0 Å². The van der Waals surface area contributed by atoms with Gasteiger partial charge in [-0.1, -0.05) is 6.42 Å². The van der Waals surface area contributed by atoms with Crippen LogP contribution in [-0.4, -0.2) is 24.5 Å². The maximum Gasteiger partial charge on any atom is 0.240 e. The Bertz CT molecular complexity index is 639. The second-order valence-corrected chi connectivity index (χ2v) is 6.48. The summed E-state index contributed by atoms with van der Waals surface area (Å²) in [6.07, 6.45) is 8.04. The third kappa shape index (κ3) is 4.95. The minimum atomic E-state index is -3.54. The third-order valence-corrected chi connectivity index (χ3v) is 4.55. The minimum Gasteiger partial charge on any atom is -0.337 e. The zero-order valence-electron chi connectivity index (χ0n) is 11.6. The summed E-state index contributed by atoms with van der Waals surface area (Å²) < 4.78 is 41.1. The van der Waals surface area contributed by atoms with Crippen LogP contribution in [0.2, 0.25) is 0 Å². The molecule has 7 heteroatoms. The van der Waals surface area contributed by atoms with Gasteiger partial charge in [0.1, 0.15) is 5.82 Å². The lowest BCUT2D eigenvalue weighted by molar-refractivity contribution is 0.561. The molecule has 0 saturated carbocycles. The molecular formula is C14H18FN3O2S. The summed E-state index contributed by atoms with van der Waals surface area (Å²) in [4.78, 5) is 4.04. The predicted octanol–water partition coefficient (Wildman–Crippen LogP) is 2.17. The molecule has 0 bridgehead atoms. The van der Waals surface area contributed by atoms with Gasteiger partial charge in [0.25, 0.3) is 0 Å². The highest BCUT2D eigenvalue weighted by Gasteiger charge is 2.12. The molecule has 2 rings (SSSR count). The van der Waals surface area contributed by atoms with Crippen LogP contribution in [0.3, 0.4) is 0 Å². The number of benzene rings is 1. The number of nitrogens with zero attached hydrogens (tertiary/aromatic N) is 2. The Labute approximate surface area is 123 Å². The average Bonchev–Trinajstić information content (AvgIpc) is 2.96. The van der Waals surface area contributed by atoms with Gasteiger partial charge >= 0.3 is 0 Å². The van der Waals surface area contributed by atoms with Gasteiger partial charge in [0.2, 0.25) is 10.0 Å². The van der Waals surface area contributed by atoms with Crippen molar-refractivity contribution in [2.24, 2.45) is 0 Å². The molecule has 0 aliphatic carbocycles. The second-order valence-electron chi connectivity index (χ2n) is 4.71. The van der Waals surface area contributed by atoms with Crippen molar-refractivity contribution >= 4 is 10.0 Å². The Morgan fingerprint density at radius 2 is 1.90 bits per heavy atom. The summed E-state index contributed by atoms with van der Waals surface area (Å²) in [5.74, 6) is -0.451.